The molecule has 0 aliphatic carbocycles. The lowest BCUT2D eigenvalue weighted by atomic mass is 10.5. The van der Waals surface area contributed by atoms with E-state index >= 15 is 0 Å². The highest BCUT2D eigenvalue weighted by molar-refractivity contribution is 7.91. The topological polar surface area (TPSA) is 63.5 Å². The van der Waals surface area contributed by atoms with E-state index in [1.165, 1.54) is 0 Å². The summed E-state index contributed by atoms with van der Waals surface area (Å²) in [7, 11) is 0. The van der Waals surface area contributed by atoms with E-state index in [0.717, 1.165) is 0 Å². The van der Waals surface area contributed by atoms with Gasteiger partial charge in [0.2, 0.25) is 0 Å². The van der Waals surface area contributed by atoms with Crippen LogP contribution in [0, 0.1) is 0 Å². The second-order valence-corrected chi connectivity index (χ2v) is 3.70. The Kier molecular flexibility index (Phi) is 7.51. The molecule has 0 aliphatic heterocycles. The maximum absolute atomic E-state index is 10.8. The van der Waals surface area contributed by atoms with Gasteiger partial charge in [0.25, 0.3) is 0 Å². The monoisotopic (exact) mass is 166 g/mol. The summed E-state index contributed by atoms with van der Waals surface area (Å²) in [6.45, 7) is 0.204. The van der Waals surface area contributed by atoms with Crippen molar-refractivity contribution in [3.63, 3.8) is 0 Å². The van der Waals surface area contributed by atoms with Gasteiger partial charge in [-0.05, 0) is 0 Å². The molecule has 0 radical (unpaired) electrons. The first-order valence-electron chi connectivity index (χ1n) is 3.38. The summed E-state index contributed by atoms with van der Waals surface area (Å²) in [4.78, 5) is 0. The van der Waals surface area contributed by atoms with Crippen LogP contribution in [0.5, 0.6) is 0 Å². The lowest BCUT2D eigenvalue weighted by Crippen LogP contribution is -2.13. The second kappa shape index (κ2) is 7.34. The van der Waals surface area contributed by atoms with Crippen LogP contribution in [0.25, 0.3) is 0 Å². The van der Waals surface area contributed by atoms with Crippen LogP contribution in [0.2, 0.25) is 0 Å². The Morgan fingerprint density at radius 1 is 1.00 bits per heavy atom. The van der Waals surface area contributed by atoms with Crippen LogP contribution < -0.4 is 0 Å². The first-order chi connectivity index (χ1) is 4.81. The Labute approximate surface area is 64.2 Å². The molecule has 2 N–H and O–H groups in total. The molecular weight excluding hydrogens is 152 g/mol. The van der Waals surface area contributed by atoms with E-state index in [0.29, 0.717) is 24.3 Å². The molecule has 0 aromatic rings. The van der Waals surface area contributed by atoms with Crippen molar-refractivity contribution in [1.29, 1.82) is 0 Å². The lowest BCUT2D eigenvalue weighted by molar-refractivity contribution is 0.293. The Morgan fingerprint density at radius 2 is 1.40 bits per heavy atom. The predicted molar refractivity (Wildman–Crippen MR) is 41.3 cm³/mol. The summed E-state index contributed by atoms with van der Waals surface area (Å²) in [6, 6.07) is 0. The van der Waals surface area contributed by atoms with E-state index in [2.05, 4.69) is 0 Å². The molecule has 0 atom stereocenters. The van der Waals surface area contributed by atoms with Gasteiger partial charge in [-0.25, -0.2) is 0 Å². The van der Waals surface area contributed by atoms with E-state index in [9.17, 15) is 4.55 Å². The van der Waals surface area contributed by atoms with Crippen LogP contribution in [0.4, 0.5) is 0 Å². The molecule has 0 amide bonds. The average molecular weight is 166 g/mol. The summed E-state index contributed by atoms with van der Waals surface area (Å²) in [6.07, 6.45) is 1.19. The van der Waals surface area contributed by atoms with Crippen molar-refractivity contribution in [3.8, 4) is 0 Å². The minimum absolute atomic E-state index is 0.102. The Morgan fingerprint density at radius 3 is 1.70 bits per heavy atom. The van der Waals surface area contributed by atoms with Crippen LogP contribution >= 0.6 is 0 Å². The van der Waals surface area contributed by atoms with Crippen molar-refractivity contribution in [1.82, 2.24) is 0 Å². The zero-order valence-corrected chi connectivity index (χ0v) is 6.77. The van der Waals surface area contributed by atoms with Crippen LogP contribution in [0.3, 0.4) is 0 Å². The highest BCUT2D eigenvalue weighted by atomic mass is 32.2. The van der Waals surface area contributed by atoms with Gasteiger partial charge in [-0.1, -0.05) is 11.2 Å². The molecule has 62 valence electrons. The van der Waals surface area contributed by atoms with Gasteiger partial charge >= 0.3 is 0 Å². The molecule has 4 heteroatoms. The zero-order valence-electron chi connectivity index (χ0n) is 5.95. The molecule has 0 fully saturated rings. The third-order valence-corrected chi connectivity index (χ3v) is 2.55. The molecule has 0 unspecified atom stereocenters. The van der Waals surface area contributed by atoms with Gasteiger partial charge in [0.1, 0.15) is 11.5 Å². The molecule has 0 spiro atoms. The molecule has 0 aromatic heterocycles. The van der Waals surface area contributed by atoms with Crippen molar-refractivity contribution in [2.75, 3.05) is 24.7 Å². The normalized spacial score (nSPS) is 10.8. The Balaban J connectivity index is 3.00. The summed E-state index contributed by atoms with van der Waals surface area (Å²) in [5, 5.41) is 16.7. The van der Waals surface area contributed by atoms with Gasteiger partial charge in [-0.3, -0.25) is 0 Å². The van der Waals surface area contributed by atoms with Gasteiger partial charge in [-0.2, -0.15) is 0 Å². The van der Waals surface area contributed by atoms with Crippen molar-refractivity contribution in [3.05, 3.63) is 0 Å². The highest BCUT2D eigenvalue weighted by Gasteiger charge is 2.03. The molecule has 0 bridgehead atoms. The molecule has 0 aromatic carbocycles. The van der Waals surface area contributed by atoms with Crippen LogP contribution in [-0.2, 0) is 11.2 Å². The molecule has 0 rings (SSSR count). The third kappa shape index (κ3) is 6.35. The van der Waals surface area contributed by atoms with Gasteiger partial charge in [0, 0.05) is 26.1 Å². The standard InChI is InChI=1S/C6H14O3S/c7-3-1-5-10(9)6-2-4-8/h7-8H,1-6H2. The van der Waals surface area contributed by atoms with E-state index in [-0.39, 0.29) is 13.2 Å². The quantitative estimate of drug-likeness (QED) is 0.523. The number of hydrogen-bond acceptors (Lipinski definition) is 3. The van der Waals surface area contributed by atoms with Crippen molar-refractivity contribution in [2.45, 2.75) is 12.8 Å². The summed E-state index contributed by atoms with van der Waals surface area (Å²) in [5.41, 5.74) is 0. The Bertz CT molecular complexity index is 62.0. The van der Waals surface area contributed by atoms with Gasteiger partial charge in [0.15, 0.2) is 0 Å². The zero-order chi connectivity index (χ0) is 7.82. The molecule has 0 heterocycles. The predicted octanol–water partition coefficient (Wildman–Crippen LogP) is -0.500. The van der Waals surface area contributed by atoms with Crippen molar-refractivity contribution < 1.29 is 14.8 Å². The summed E-state index contributed by atoms with van der Waals surface area (Å²) < 4.78 is 10.8. The summed E-state index contributed by atoms with van der Waals surface area (Å²) >= 11 is -0.840. The second-order valence-electron chi connectivity index (χ2n) is 2.00. The van der Waals surface area contributed by atoms with Crippen molar-refractivity contribution in [2.24, 2.45) is 0 Å². The van der Waals surface area contributed by atoms with Crippen LogP contribution in [0.15, 0.2) is 0 Å². The maximum atomic E-state index is 10.8. The minimum Gasteiger partial charge on any atom is -0.616 e. The molecule has 3 nitrogen and oxygen atoms in total. The maximum Gasteiger partial charge on any atom is 0.107 e. The molecule has 10 heavy (non-hydrogen) atoms. The fraction of sp³-hybridized carbons (Fsp3) is 1.00. The lowest BCUT2D eigenvalue weighted by Gasteiger charge is -2.08. The average Bonchev–Trinajstić information content (AvgIpc) is 1.97. The van der Waals surface area contributed by atoms with Crippen LogP contribution in [-0.4, -0.2) is 39.5 Å². The fourth-order valence-corrected chi connectivity index (χ4v) is 1.66. The Hall–Kier alpha value is 0.230. The van der Waals surface area contributed by atoms with Gasteiger partial charge < -0.3 is 14.8 Å². The van der Waals surface area contributed by atoms with E-state index in [1.807, 2.05) is 0 Å². The van der Waals surface area contributed by atoms with E-state index in [1.54, 1.807) is 0 Å². The van der Waals surface area contributed by atoms with Gasteiger partial charge in [-0.15, -0.1) is 0 Å². The molecule has 0 saturated carbocycles. The van der Waals surface area contributed by atoms with Crippen LogP contribution in [0.1, 0.15) is 12.8 Å². The molecule has 0 aliphatic rings. The fourth-order valence-electron chi connectivity index (χ4n) is 0.553. The third-order valence-electron chi connectivity index (χ3n) is 1.06. The van der Waals surface area contributed by atoms with Gasteiger partial charge in [0.05, 0.1) is 0 Å². The molecular formula is C6H14O3S. The number of hydrogen-bond donors (Lipinski definition) is 2. The first kappa shape index (κ1) is 10.2. The number of rotatable bonds is 6. The smallest absolute Gasteiger partial charge is 0.107 e. The largest absolute Gasteiger partial charge is 0.616 e. The van der Waals surface area contributed by atoms with Crippen molar-refractivity contribution >= 4 is 11.2 Å². The SMILES string of the molecule is [O-][S+](CCCO)CCCO. The summed E-state index contributed by atoms with van der Waals surface area (Å²) in [5.74, 6) is 1.10. The molecule has 0 saturated heterocycles. The minimum atomic E-state index is -0.840. The number of aliphatic hydroxyl groups is 2. The number of aliphatic hydroxyl groups excluding tert-OH is 2. The van der Waals surface area contributed by atoms with E-state index in [4.69, 9.17) is 10.2 Å². The first-order valence-corrected chi connectivity index (χ1v) is 4.86. The highest BCUT2D eigenvalue weighted by Crippen LogP contribution is 1.95. The van der Waals surface area contributed by atoms with E-state index < -0.39 is 11.2 Å².